The lowest BCUT2D eigenvalue weighted by atomic mass is 9.72. The Morgan fingerprint density at radius 3 is 2.71 bits per heavy atom. The molecule has 1 aliphatic rings. The maximum Gasteiger partial charge on any atom is 0.303 e. The Kier molecular flexibility index (Phi) is 8.73. The first kappa shape index (κ1) is 20.4. The van der Waals surface area contributed by atoms with E-state index in [0.29, 0.717) is 0 Å². The van der Waals surface area contributed by atoms with E-state index in [0.717, 1.165) is 25.8 Å². The van der Waals surface area contributed by atoms with Crippen LogP contribution < -0.4 is 4.99 Å². The monoisotopic (exact) mass is 332 g/mol. The average molecular weight is 333 g/mol. The Morgan fingerprint density at radius 2 is 2.04 bits per heavy atom. The van der Waals surface area contributed by atoms with Crippen molar-refractivity contribution in [3.8, 4) is 0 Å². The first-order chi connectivity index (χ1) is 11.3. The number of unbranched alkanes of at least 4 members (excludes halogenated alkanes) is 2. The Bertz CT molecular complexity index is 536. The van der Waals surface area contributed by atoms with Crippen molar-refractivity contribution in [2.24, 2.45) is 5.41 Å². The van der Waals surface area contributed by atoms with Crippen molar-refractivity contribution in [1.82, 2.24) is 0 Å². The number of carboxylic acids is 1. The molecule has 2 N–H and O–H groups in total. The topological polar surface area (TPSA) is 51.3 Å². The van der Waals surface area contributed by atoms with E-state index in [9.17, 15) is 4.79 Å². The van der Waals surface area contributed by atoms with Gasteiger partial charge >= 0.3 is 5.97 Å². The molecule has 0 aromatic heterocycles. The number of rotatable bonds is 9. The normalized spacial score (nSPS) is 18.8. The van der Waals surface area contributed by atoms with Crippen LogP contribution in [0.5, 0.6) is 0 Å². The Morgan fingerprint density at radius 1 is 1.29 bits per heavy atom. The number of allylic oxidation sites excluding steroid dienone is 6. The lowest BCUT2D eigenvalue weighted by Crippen LogP contribution is -2.68. The molecule has 1 rings (SSSR count). The Hall–Kier alpha value is -1.64. The number of carboxylic acid groups (broad SMARTS) is 1. The van der Waals surface area contributed by atoms with Crippen LogP contribution in [0.3, 0.4) is 0 Å². The number of hydrogen-bond donors (Lipinski definition) is 2. The van der Waals surface area contributed by atoms with Crippen molar-refractivity contribution in [1.29, 1.82) is 0 Å². The predicted octanol–water partition coefficient (Wildman–Crippen LogP) is 3.81. The van der Waals surface area contributed by atoms with Gasteiger partial charge in [-0.2, -0.15) is 0 Å². The maximum atomic E-state index is 10.4. The smallest absolute Gasteiger partial charge is 0.303 e. The molecule has 0 saturated heterocycles. The molecule has 0 aromatic rings. The highest BCUT2D eigenvalue weighted by atomic mass is 16.4. The van der Waals surface area contributed by atoms with Crippen molar-refractivity contribution in [2.75, 3.05) is 6.54 Å². The number of carbonyl (C=O) groups is 1. The van der Waals surface area contributed by atoms with Crippen molar-refractivity contribution >= 4 is 12.2 Å². The molecular weight excluding hydrogens is 298 g/mol. The van der Waals surface area contributed by atoms with Crippen LogP contribution in [0.2, 0.25) is 0 Å². The molecule has 0 aromatic carbocycles. The minimum Gasteiger partial charge on any atom is -0.481 e. The third kappa shape index (κ3) is 7.76. The highest BCUT2D eigenvalue weighted by molar-refractivity contribution is 5.67. The summed E-state index contributed by atoms with van der Waals surface area (Å²) in [5, 5.41) is 8.57. The molecule has 0 saturated carbocycles. The molecule has 0 radical (unpaired) electrons. The first-order valence-electron chi connectivity index (χ1n) is 9.16. The molecule has 3 nitrogen and oxygen atoms in total. The summed E-state index contributed by atoms with van der Waals surface area (Å²) in [6.07, 6.45) is 15.4. The van der Waals surface area contributed by atoms with E-state index in [1.165, 1.54) is 36.0 Å². The van der Waals surface area contributed by atoms with Gasteiger partial charge in [-0.15, -0.1) is 0 Å². The molecular formula is C21H34NO2+. The molecule has 0 bridgehead atoms. The van der Waals surface area contributed by atoms with Crippen LogP contribution in [-0.2, 0) is 4.79 Å². The van der Waals surface area contributed by atoms with E-state index in [4.69, 9.17) is 5.11 Å². The molecule has 134 valence electrons. The molecule has 24 heavy (non-hydrogen) atoms. The van der Waals surface area contributed by atoms with Crippen LogP contribution in [0.1, 0.15) is 72.6 Å². The zero-order chi connectivity index (χ0) is 18.0. The zero-order valence-electron chi connectivity index (χ0n) is 15.8. The highest BCUT2D eigenvalue weighted by Crippen LogP contribution is 2.40. The molecule has 0 amide bonds. The molecule has 0 aliphatic heterocycles. The van der Waals surface area contributed by atoms with E-state index in [1.807, 2.05) is 6.21 Å². The molecule has 0 heterocycles. The van der Waals surface area contributed by atoms with Crippen molar-refractivity contribution < 1.29 is 14.9 Å². The second kappa shape index (κ2) is 10.3. The van der Waals surface area contributed by atoms with Crippen molar-refractivity contribution in [3.05, 3.63) is 34.9 Å². The van der Waals surface area contributed by atoms with Crippen LogP contribution in [0, 0.1) is 5.41 Å². The van der Waals surface area contributed by atoms with Crippen molar-refractivity contribution in [2.45, 2.75) is 72.6 Å². The number of aliphatic carboxylic acids is 1. The summed E-state index contributed by atoms with van der Waals surface area (Å²) in [6, 6.07) is 0. The summed E-state index contributed by atoms with van der Waals surface area (Å²) in [7, 11) is 0. The van der Waals surface area contributed by atoms with Crippen LogP contribution >= 0.6 is 0 Å². The van der Waals surface area contributed by atoms with Crippen LogP contribution in [0.25, 0.3) is 0 Å². The molecule has 3 heteroatoms. The lowest BCUT2D eigenvalue weighted by molar-refractivity contribution is -0.451. The molecule has 0 spiro atoms. The SMILES string of the molecule is CC1=C(/C=C/C(C)=C/C=[NH+]CCCCCC(=O)O)C(C)(C)CCC1. The van der Waals surface area contributed by atoms with Gasteiger partial charge in [0.05, 0.1) is 0 Å². The fourth-order valence-corrected chi connectivity index (χ4v) is 3.23. The summed E-state index contributed by atoms with van der Waals surface area (Å²) in [6.45, 7) is 9.95. The minimum absolute atomic E-state index is 0.277. The molecule has 1 aliphatic carbocycles. The van der Waals surface area contributed by atoms with Crippen LogP contribution in [0.15, 0.2) is 34.9 Å². The van der Waals surface area contributed by atoms with Gasteiger partial charge in [0.25, 0.3) is 0 Å². The second-order valence-corrected chi connectivity index (χ2v) is 7.50. The highest BCUT2D eigenvalue weighted by Gasteiger charge is 2.26. The van der Waals surface area contributed by atoms with Crippen LogP contribution in [-0.4, -0.2) is 23.8 Å². The van der Waals surface area contributed by atoms with E-state index < -0.39 is 5.97 Å². The fraction of sp³-hybridized carbons (Fsp3) is 0.619. The van der Waals surface area contributed by atoms with Gasteiger partial charge in [0.15, 0.2) is 6.21 Å². The standard InChI is InChI=1S/C21H33NO2/c1-17(13-16-22-15-7-5-6-10-20(23)24)11-12-19-18(2)9-8-14-21(19,3)4/h11-13,16H,5-10,14-15H2,1-4H3,(H,23,24)/p+1/b12-11+,17-13+,22-16?. The first-order valence-corrected chi connectivity index (χ1v) is 9.16. The summed E-state index contributed by atoms with van der Waals surface area (Å²) in [4.78, 5) is 13.7. The van der Waals surface area contributed by atoms with Gasteiger partial charge in [0.2, 0.25) is 0 Å². The van der Waals surface area contributed by atoms with E-state index >= 15 is 0 Å². The third-order valence-electron chi connectivity index (χ3n) is 4.73. The van der Waals surface area contributed by atoms with Gasteiger partial charge in [0, 0.05) is 18.9 Å². The van der Waals surface area contributed by atoms with Gasteiger partial charge in [-0.05, 0) is 62.5 Å². The third-order valence-corrected chi connectivity index (χ3v) is 4.73. The van der Waals surface area contributed by atoms with Gasteiger partial charge in [-0.1, -0.05) is 31.6 Å². The Labute approximate surface area is 147 Å². The minimum atomic E-state index is -0.702. The molecule has 0 unspecified atom stereocenters. The van der Waals surface area contributed by atoms with Crippen molar-refractivity contribution in [3.63, 3.8) is 0 Å². The van der Waals surface area contributed by atoms with E-state index in [1.54, 1.807) is 0 Å². The number of nitrogens with one attached hydrogen (secondary N) is 1. The zero-order valence-corrected chi connectivity index (χ0v) is 15.8. The van der Waals surface area contributed by atoms with Gasteiger partial charge < -0.3 is 5.11 Å². The summed E-state index contributed by atoms with van der Waals surface area (Å²) < 4.78 is 0. The number of hydrogen-bond acceptors (Lipinski definition) is 1. The molecule has 0 fully saturated rings. The Balaban J connectivity index is 2.41. The predicted molar refractivity (Wildman–Crippen MR) is 101 cm³/mol. The van der Waals surface area contributed by atoms with E-state index in [-0.39, 0.29) is 11.8 Å². The fourth-order valence-electron chi connectivity index (χ4n) is 3.23. The average Bonchev–Trinajstić information content (AvgIpc) is 2.48. The maximum absolute atomic E-state index is 10.4. The lowest BCUT2D eigenvalue weighted by Gasteiger charge is -2.32. The van der Waals surface area contributed by atoms with E-state index in [2.05, 4.69) is 50.9 Å². The quantitative estimate of drug-likeness (QED) is 0.383. The second-order valence-electron chi connectivity index (χ2n) is 7.50. The van der Waals surface area contributed by atoms with Gasteiger partial charge in [-0.25, -0.2) is 4.99 Å². The summed E-state index contributed by atoms with van der Waals surface area (Å²) >= 11 is 0. The summed E-state index contributed by atoms with van der Waals surface area (Å²) in [5.74, 6) is -0.702. The van der Waals surface area contributed by atoms with Gasteiger partial charge in [0.1, 0.15) is 6.54 Å². The largest absolute Gasteiger partial charge is 0.481 e. The van der Waals surface area contributed by atoms with Crippen LogP contribution in [0.4, 0.5) is 0 Å². The summed E-state index contributed by atoms with van der Waals surface area (Å²) in [5.41, 5.74) is 4.54. The van der Waals surface area contributed by atoms with Gasteiger partial charge in [-0.3, -0.25) is 4.79 Å². The molecule has 0 atom stereocenters.